The fourth-order valence-electron chi connectivity index (χ4n) is 2.33. The van der Waals surface area contributed by atoms with Crippen molar-refractivity contribution in [3.63, 3.8) is 0 Å². The predicted octanol–water partition coefficient (Wildman–Crippen LogP) is 0.833. The summed E-state index contributed by atoms with van der Waals surface area (Å²) in [5.41, 5.74) is 2.67. The molecule has 0 aliphatic heterocycles. The SMILES string of the molecule is O=C(O)CC(NC(=O)c1ccc2c(c1)CCC2)C(=O)O. The first kappa shape index (κ1) is 14.0. The van der Waals surface area contributed by atoms with Crippen LogP contribution in [-0.2, 0) is 22.4 Å². The van der Waals surface area contributed by atoms with Crippen molar-refractivity contribution in [3.05, 3.63) is 34.9 Å². The van der Waals surface area contributed by atoms with E-state index in [9.17, 15) is 14.4 Å². The number of benzene rings is 1. The van der Waals surface area contributed by atoms with Crippen LogP contribution in [0.2, 0.25) is 0 Å². The van der Waals surface area contributed by atoms with Crippen molar-refractivity contribution in [2.24, 2.45) is 0 Å². The minimum absolute atomic E-state index is 0.363. The number of carbonyl (C=O) groups excluding carboxylic acids is 1. The van der Waals surface area contributed by atoms with E-state index >= 15 is 0 Å². The second kappa shape index (κ2) is 5.73. The zero-order valence-corrected chi connectivity index (χ0v) is 10.8. The number of hydrogen-bond acceptors (Lipinski definition) is 3. The summed E-state index contributed by atoms with van der Waals surface area (Å²) in [6.45, 7) is 0. The maximum atomic E-state index is 12.0. The number of aliphatic carboxylic acids is 2. The quantitative estimate of drug-likeness (QED) is 0.739. The number of carboxylic acids is 2. The Kier molecular flexibility index (Phi) is 4.02. The van der Waals surface area contributed by atoms with E-state index in [2.05, 4.69) is 5.32 Å². The molecule has 0 bridgehead atoms. The molecule has 106 valence electrons. The fraction of sp³-hybridized carbons (Fsp3) is 0.357. The fourth-order valence-corrected chi connectivity index (χ4v) is 2.33. The molecule has 0 spiro atoms. The molecule has 1 aromatic carbocycles. The molecule has 1 amide bonds. The van der Waals surface area contributed by atoms with Crippen molar-refractivity contribution in [1.82, 2.24) is 5.32 Å². The zero-order valence-electron chi connectivity index (χ0n) is 10.8. The van der Waals surface area contributed by atoms with E-state index in [0.717, 1.165) is 24.8 Å². The van der Waals surface area contributed by atoms with Gasteiger partial charge in [-0.1, -0.05) is 6.07 Å². The van der Waals surface area contributed by atoms with Crippen LogP contribution in [-0.4, -0.2) is 34.1 Å². The van der Waals surface area contributed by atoms with Crippen LogP contribution in [0.1, 0.15) is 34.3 Å². The van der Waals surface area contributed by atoms with Crippen molar-refractivity contribution in [2.75, 3.05) is 0 Å². The average molecular weight is 277 g/mol. The van der Waals surface area contributed by atoms with E-state index in [0.29, 0.717) is 5.56 Å². The second-order valence-electron chi connectivity index (χ2n) is 4.80. The highest BCUT2D eigenvalue weighted by Gasteiger charge is 2.24. The van der Waals surface area contributed by atoms with E-state index in [-0.39, 0.29) is 0 Å². The molecule has 0 heterocycles. The van der Waals surface area contributed by atoms with Gasteiger partial charge >= 0.3 is 11.9 Å². The maximum absolute atomic E-state index is 12.0. The van der Waals surface area contributed by atoms with Crippen molar-refractivity contribution < 1.29 is 24.6 Å². The molecule has 0 radical (unpaired) electrons. The van der Waals surface area contributed by atoms with Gasteiger partial charge in [-0.3, -0.25) is 9.59 Å². The molecule has 0 aromatic heterocycles. The molecule has 20 heavy (non-hydrogen) atoms. The highest BCUT2D eigenvalue weighted by Crippen LogP contribution is 2.22. The number of carbonyl (C=O) groups is 3. The van der Waals surface area contributed by atoms with Crippen molar-refractivity contribution in [3.8, 4) is 0 Å². The standard InChI is InChI=1S/C14H15NO5/c16-12(17)7-11(14(19)20)15-13(18)10-5-4-8-2-1-3-9(8)6-10/h4-6,11H,1-3,7H2,(H,15,18)(H,16,17)(H,19,20). The van der Waals surface area contributed by atoms with Gasteiger partial charge in [0.2, 0.25) is 0 Å². The van der Waals surface area contributed by atoms with Gasteiger partial charge in [-0.25, -0.2) is 4.79 Å². The summed E-state index contributed by atoms with van der Waals surface area (Å²) >= 11 is 0. The van der Waals surface area contributed by atoms with E-state index < -0.39 is 30.3 Å². The van der Waals surface area contributed by atoms with Crippen LogP contribution in [0.5, 0.6) is 0 Å². The molecule has 1 aliphatic rings. The Morgan fingerprint density at radius 1 is 1.15 bits per heavy atom. The summed E-state index contributed by atoms with van der Waals surface area (Å²) < 4.78 is 0. The molecule has 3 N–H and O–H groups in total. The lowest BCUT2D eigenvalue weighted by Gasteiger charge is -2.13. The van der Waals surface area contributed by atoms with Gasteiger partial charge in [-0.15, -0.1) is 0 Å². The largest absolute Gasteiger partial charge is 0.481 e. The molecule has 6 heteroatoms. The lowest BCUT2D eigenvalue weighted by Crippen LogP contribution is -2.42. The Balaban J connectivity index is 2.10. The molecule has 1 atom stereocenters. The predicted molar refractivity (Wildman–Crippen MR) is 69.6 cm³/mol. The van der Waals surface area contributed by atoms with E-state index in [1.54, 1.807) is 12.1 Å². The lowest BCUT2D eigenvalue weighted by atomic mass is 10.1. The first-order chi connectivity index (χ1) is 9.47. The van der Waals surface area contributed by atoms with Gasteiger partial charge in [0.15, 0.2) is 0 Å². The number of amides is 1. The van der Waals surface area contributed by atoms with Crippen LogP contribution in [0, 0.1) is 0 Å². The second-order valence-corrected chi connectivity index (χ2v) is 4.80. The third-order valence-corrected chi connectivity index (χ3v) is 3.34. The highest BCUT2D eigenvalue weighted by molar-refractivity contribution is 5.97. The summed E-state index contributed by atoms with van der Waals surface area (Å²) in [7, 11) is 0. The van der Waals surface area contributed by atoms with Gasteiger partial charge < -0.3 is 15.5 Å². The third kappa shape index (κ3) is 3.14. The molecule has 6 nitrogen and oxygen atoms in total. The molecular formula is C14H15NO5. The average Bonchev–Trinajstić information content (AvgIpc) is 2.84. The van der Waals surface area contributed by atoms with Crippen molar-refractivity contribution in [2.45, 2.75) is 31.7 Å². The molecule has 2 rings (SSSR count). The van der Waals surface area contributed by atoms with Gasteiger partial charge in [0, 0.05) is 5.56 Å². The van der Waals surface area contributed by atoms with E-state index in [4.69, 9.17) is 10.2 Å². The Hall–Kier alpha value is -2.37. The number of carboxylic acid groups (broad SMARTS) is 2. The molecule has 0 saturated heterocycles. The van der Waals surface area contributed by atoms with E-state index in [1.165, 1.54) is 5.56 Å². The minimum Gasteiger partial charge on any atom is -0.481 e. The van der Waals surface area contributed by atoms with Gasteiger partial charge in [0.05, 0.1) is 6.42 Å². The van der Waals surface area contributed by atoms with Gasteiger partial charge in [0.1, 0.15) is 6.04 Å². The summed E-state index contributed by atoms with van der Waals surface area (Å²) in [6.07, 6.45) is 2.31. The third-order valence-electron chi connectivity index (χ3n) is 3.34. The Bertz CT molecular complexity index is 567. The lowest BCUT2D eigenvalue weighted by molar-refractivity contribution is -0.145. The number of fused-ring (bicyclic) bond motifs is 1. The summed E-state index contributed by atoms with van der Waals surface area (Å²) in [6, 6.07) is 3.83. The van der Waals surface area contributed by atoms with Crippen LogP contribution in [0.3, 0.4) is 0 Å². The number of aryl methyl sites for hydroxylation is 2. The Morgan fingerprint density at radius 2 is 1.85 bits per heavy atom. The number of hydrogen-bond donors (Lipinski definition) is 3. The molecule has 1 aromatic rings. The van der Waals surface area contributed by atoms with Crippen LogP contribution in [0.15, 0.2) is 18.2 Å². The van der Waals surface area contributed by atoms with Crippen LogP contribution in [0.4, 0.5) is 0 Å². The molecule has 1 aliphatic carbocycles. The smallest absolute Gasteiger partial charge is 0.326 e. The van der Waals surface area contributed by atoms with Gasteiger partial charge in [0.25, 0.3) is 5.91 Å². The van der Waals surface area contributed by atoms with Crippen LogP contribution in [0.25, 0.3) is 0 Å². The van der Waals surface area contributed by atoms with Crippen molar-refractivity contribution in [1.29, 1.82) is 0 Å². The summed E-state index contributed by atoms with van der Waals surface area (Å²) in [5, 5.41) is 19.8. The normalized spacial score (nSPS) is 14.4. The highest BCUT2D eigenvalue weighted by atomic mass is 16.4. The summed E-state index contributed by atoms with van der Waals surface area (Å²) in [4.78, 5) is 33.5. The van der Waals surface area contributed by atoms with Gasteiger partial charge in [-0.2, -0.15) is 0 Å². The molecular weight excluding hydrogens is 262 g/mol. The Morgan fingerprint density at radius 3 is 2.50 bits per heavy atom. The molecule has 0 saturated carbocycles. The maximum Gasteiger partial charge on any atom is 0.326 e. The Labute approximate surface area is 115 Å². The van der Waals surface area contributed by atoms with Crippen LogP contribution >= 0.6 is 0 Å². The zero-order chi connectivity index (χ0) is 14.7. The summed E-state index contributed by atoms with van der Waals surface area (Å²) in [5.74, 6) is -3.19. The monoisotopic (exact) mass is 277 g/mol. The van der Waals surface area contributed by atoms with Gasteiger partial charge in [-0.05, 0) is 42.5 Å². The first-order valence-corrected chi connectivity index (χ1v) is 6.34. The van der Waals surface area contributed by atoms with E-state index in [1.807, 2.05) is 6.07 Å². The van der Waals surface area contributed by atoms with Crippen LogP contribution < -0.4 is 5.32 Å². The minimum atomic E-state index is -1.42. The topological polar surface area (TPSA) is 104 Å². The van der Waals surface area contributed by atoms with Crippen molar-refractivity contribution >= 4 is 17.8 Å². The molecule has 0 fully saturated rings. The number of nitrogens with one attached hydrogen (secondary N) is 1. The molecule has 1 unspecified atom stereocenters. The first-order valence-electron chi connectivity index (χ1n) is 6.34. The number of rotatable bonds is 5.